The van der Waals surface area contributed by atoms with Crippen molar-refractivity contribution < 1.29 is 180 Å². The zero-order valence-corrected chi connectivity index (χ0v) is 33.8. The Labute approximate surface area is 376 Å². The lowest BCUT2D eigenvalue weighted by Gasteiger charge is -2.44. The fourth-order valence-electron chi connectivity index (χ4n) is 3.97. The van der Waals surface area contributed by atoms with E-state index >= 15 is 0 Å². The Balaban J connectivity index is 3.66. The van der Waals surface area contributed by atoms with E-state index in [1.54, 1.807) is 4.74 Å². The maximum absolute atomic E-state index is 15.0. The summed E-state index contributed by atoms with van der Waals surface area (Å²) in [7, 11) is 0. The maximum Gasteiger partial charge on any atom is 0.460 e. The summed E-state index contributed by atoms with van der Waals surface area (Å²) in [4.78, 5) is 48.1. The van der Waals surface area contributed by atoms with Crippen LogP contribution in [0.25, 0.3) is 0 Å². The van der Waals surface area contributed by atoms with E-state index in [0.717, 1.165) is 27.7 Å². The first kappa shape index (κ1) is 64.7. The summed E-state index contributed by atoms with van der Waals surface area (Å²) in [6.07, 6.45) is -76.6. The third kappa shape index (κ3) is 12.9. The molecule has 0 aromatic heterocycles. The van der Waals surface area contributed by atoms with E-state index in [1.165, 1.54) is 11.7 Å². The van der Waals surface area contributed by atoms with Gasteiger partial charge in [-0.3, -0.25) is 18.9 Å². The van der Waals surface area contributed by atoms with Crippen molar-refractivity contribution in [2.45, 2.75) is 98.3 Å². The van der Waals surface area contributed by atoms with Crippen molar-refractivity contribution >= 4 is 23.9 Å². The van der Waals surface area contributed by atoms with Gasteiger partial charge in [-0.2, -0.15) is 119 Å². The highest BCUT2D eigenvalue weighted by atomic mass is 19.4. The number of hydrogen-bond donors (Lipinski definition) is 0. The maximum atomic E-state index is 15.0. The fraction of sp³-hybridized carbons (Fsp3) is 0.625. The van der Waals surface area contributed by atoms with Crippen LogP contribution in [-0.4, -0.2) is 135 Å². The minimum atomic E-state index is -9.26. The highest BCUT2D eigenvalue weighted by molar-refractivity contribution is 6.03. The molecule has 416 valence electrons. The van der Waals surface area contributed by atoms with E-state index in [4.69, 9.17) is 0 Å². The predicted molar refractivity (Wildman–Crippen MR) is 163 cm³/mol. The van der Waals surface area contributed by atoms with Gasteiger partial charge in [0.05, 0.1) is 11.1 Å². The second-order valence-corrected chi connectivity index (χ2v) is 13.2. The lowest BCUT2D eigenvalue weighted by molar-refractivity contribution is -0.590. The van der Waals surface area contributed by atoms with Gasteiger partial charge < -0.3 is 18.9 Å². The Bertz CT molecular complexity index is 2130. The average Bonchev–Trinajstić information content (AvgIpc) is 3.17. The Morgan fingerprint density at radius 3 is 1.00 bits per heavy atom. The van der Waals surface area contributed by atoms with Crippen molar-refractivity contribution in [3.8, 4) is 0 Å². The van der Waals surface area contributed by atoms with Crippen molar-refractivity contribution in [3.05, 3.63) is 47.5 Å². The molecule has 0 radical (unpaired) electrons. The van der Waals surface area contributed by atoms with Crippen LogP contribution in [0.3, 0.4) is 0 Å². The van der Waals surface area contributed by atoms with Crippen molar-refractivity contribution in [3.63, 3.8) is 0 Å². The molecular weight excluding hydrogens is 1110 g/mol. The second kappa shape index (κ2) is 20.6. The van der Waals surface area contributed by atoms with E-state index in [-0.39, 0.29) is 5.57 Å². The van der Waals surface area contributed by atoms with Crippen molar-refractivity contribution in [1.82, 2.24) is 0 Å². The monoisotopic (exact) mass is 1130 g/mol. The molecule has 5 unspecified atom stereocenters. The van der Waals surface area contributed by atoms with Gasteiger partial charge >= 0.3 is 103 Å². The molecule has 40 heteroatoms. The largest absolute Gasteiger partial charge is 0.460 e. The van der Waals surface area contributed by atoms with Crippen LogP contribution in [0, 0.1) is 0 Å². The number of ether oxygens (including phenoxy) is 8. The van der Waals surface area contributed by atoms with Crippen LogP contribution in [0.4, 0.5) is 123 Å². The molecular formula is C32H20F28O12. The zero-order chi connectivity index (χ0) is 57.4. The molecule has 0 saturated heterocycles. The molecule has 5 atom stereocenters. The summed E-state index contributed by atoms with van der Waals surface area (Å²) < 4.78 is 410. The van der Waals surface area contributed by atoms with E-state index in [9.17, 15) is 142 Å². The molecule has 12 nitrogen and oxygen atoms in total. The number of esters is 4. The van der Waals surface area contributed by atoms with Gasteiger partial charge in [0.15, 0.2) is 0 Å². The van der Waals surface area contributed by atoms with Gasteiger partial charge in [0, 0.05) is 5.57 Å². The van der Waals surface area contributed by atoms with Gasteiger partial charge in [-0.05, 0) is 26.0 Å². The number of rotatable bonds is 22. The Kier molecular flexibility index (Phi) is 18.5. The molecule has 0 aliphatic carbocycles. The first-order valence-electron chi connectivity index (χ1n) is 17.1. The SMILES string of the molecule is C=C(C)C(=O)OCCOC(=O)c1ccccc1C(=O)OCCOC(=O)C(F)(OC(F)(F)C(F)(OC(F)(F)C(F)(OC(F)(F)C(F)(OC(F)(F)C(C)(F)C(F)(F)F)C(F)(F)F)C(F)(F)F)C(F)(F)F)C(F)(F)F. The summed E-state index contributed by atoms with van der Waals surface area (Å²) in [6.45, 7) is -2.65. The standard InChI is InChI=1S/C32H20F28O12/c1-12(2)15(61)65-8-9-66-16(62)13-6-4-5-7-14(13)17(63)67-10-11-68-18(64)20(34,25(41,42)43)69-30(55,56)21(35,26(44,45)46)71-32(59,60)23(37,28(50,51)52)72-31(57,58)22(36,27(47,48)49)70-29(53,54)19(3,33)24(38,39)40/h4-7H,1,8-11H2,2-3H3. The van der Waals surface area contributed by atoms with Gasteiger partial charge in [0.25, 0.3) is 5.67 Å². The number of carbonyl (C=O) groups excluding carboxylic acids is 4. The summed E-state index contributed by atoms with van der Waals surface area (Å²) in [5.74, 6) is -43.3. The Hall–Kier alpha value is -5.28. The van der Waals surface area contributed by atoms with Gasteiger partial charge in [0.1, 0.15) is 26.4 Å². The highest BCUT2D eigenvalue weighted by Crippen LogP contribution is 2.61. The number of alkyl halides is 28. The predicted octanol–water partition coefficient (Wildman–Crippen LogP) is 10.3. The van der Waals surface area contributed by atoms with Crippen LogP contribution in [0.2, 0.25) is 0 Å². The molecule has 1 aromatic rings. The third-order valence-electron chi connectivity index (χ3n) is 7.81. The summed E-state index contributed by atoms with van der Waals surface area (Å²) in [6, 6.07) is 3.45. The molecule has 0 fully saturated rings. The molecule has 72 heavy (non-hydrogen) atoms. The minimum absolute atomic E-state index is 0.115. The number of benzene rings is 1. The molecule has 0 heterocycles. The lowest BCUT2D eigenvalue weighted by Crippen LogP contribution is -2.72. The molecule has 1 rings (SSSR count). The Morgan fingerprint density at radius 2 is 0.708 bits per heavy atom. The summed E-state index contributed by atoms with van der Waals surface area (Å²) >= 11 is 0. The normalized spacial score (nSPS) is 18.0. The van der Waals surface area contributed by atoms with Crippen LogP contribution >= 0.6 is 0 Å². The van der Waals surface area contributed by atoms with E-state index in [2.05, 4.69) is 25.5 Å². The van der Waals surface area contributed by atoms with Crippen molar-refractivity contribution in [2.24, 2.45) is 0 Å². The number of halogens is 28. The topological polar surface area (TPSA) is 142 Å². The zero-order valence-electron chi connectivity index (χ0n) is 33.8. The first-order valence-corrected chi connectivity index (χ1v) is 17.1. The average molecular weight is 1130 g/mol. The molecule has 0 aliphatic heterocycles. The molecule has 0 bridgehead atoms. The summed E-state index contributed by atoms with van der Waals surface area (Å²) in [5.41, 5.74) is -8.75. The fourth-order valence-corrected chi connectivity index (χ4v) is 3.97. The van der Waals surface area contributed by atoms with Gasteiger partial charge in [-0.1, -0.05) is 18.7 Å². The van der Waals surface area contributed by atoms with Crippen LogP contribution < -0.4 is 0 Å². The highest BCUT2D eigenvalue weighted by Gasteiger charge is 2.90. The summed E-state index contributed by atoms with van der Waals surface area (Å²) in [5, 5.41) is 0. The quantitative estimate of drug-likeness (QED) is 0.0359. The van der Waals surface area contributed by atoms with Crippen molar-refractivity contribution in [1.29, 1.82) is 0 Å². The molecule has 0 N–H and O–H groups in total. The molecule has 0 saturated carbocycles. The number of carbonyl (C=O) groups is 4. The van der Waals surface area contributed by atoms with Crippen molar-refractivity contribution in [2.75, 3.05) is 26.4 Å². The van der Waals surface area contributed by atoms with E-state index in [1.807, 2.05) is 0 Å². The van der Waals surface area contributed by atoms with Gasteiger partial charge in [-0.15, -0.1) is 0 Å². The van der Waals surface area contributed by atoms with Crippen LogP contribution in [0.5, 0.6) is 0 Å². The lowest BCUT2D eigenvalue weighted by atomic mass is 10.1. The van der Waals surface area contributed by atoms with Gasteiger partial charge in [0.2, 0.25) is 0 Å². The van der Waals surface area contributed by atoms with Crippen LogP contribution in [0.15, 0.2) is 36.4 Å². The van der Waals surface area contributed by atoms with E-state index < -0.39 is 153 Å². The number of hydrogen-bond acceptors (Lipinski definition) is 12. The van der Waals surface area contributed by atoms with Crippen LogP contribution in [0.1, 0.15) is 34.6 Å². The Morgan fingerprint density at radius 1 is 0.417 bits per heavy atom. The first-order chi connectivity index (χ1) is 31.6. The minimum Gasteiger partial charge on any atom is -0.459 e. The smallest absolute Gasteiger partial charge is 0.459 e. The molecule has 0 amide bonds. The third-order valence-corrected chi connectivity index (χ3v) is 7.81. The molecule has 1 aromatic carbocycles. The van der Waals surface area contributed by atoms with Gasteiger partial charge in [-0.25, -0.2) is 23.6 Å². The second-order valence-electron chi connectivity index (χ2n) is 13.2. The molecule has 0 aliphatic rings. The van der Waals surface area contributed by atoms with E-state index in [0.29, 0.717) is 6.07 Å². The molecule has 0 spiro atoms. The van der Waals surface area contributed by atoms with Crippen LogP contribution in [-0.2, 0) is 47.5 Å².